The number of amides is 1. The Kier molecular flexibility index (Phi) is 4.54. The molecule has 0 bridgehead atoms. The van der Waals surface area contributed by atoms with Crippen LogP contribution in [0.3, 0.4) is 0 Å². The largest absolute Gasteiger partial charge is 0.450 e. The minimum Gasteiger partial charge on any atom is -0.450 e. The third-order valence-corrected chi connectivity index (χ3v) is 5.19. The summed E-state index contributed by atoms with van der Waals surface area (Å²) in [5.74, 6) is 1.35. The van der Waals surface area contributed by atoms with Crippen LogP contribution in [0.25, 0.3) is 11.0 Å². The topological polar surface area (TPSA) is 42.2 Å². The van der Waals surface area contributed by atoms with Crippen LogP contribution in [-0.4, -0.2) is 17.7 Å². The van der Waals surface area contributed by atoms with Crippen molar-refractivity contribution in [2.24, 2.45) is 0 Å². The van der Waals surface area contributed by atoms with E-state index in [1.54, 1.807) is 11.8 Å². The highest BCUT2D eigenvalue weighted by Gasteiger charge is 2.27. The van der Waals surface area contributed by atoms with E-state index in [0.29, 0.717) is 5.76 Å². The van der Waals surface area contributed by atoms with Gasteiger partial charge in [0.15, 0.2) is 0 Å². The first kappa shape index (κ1) is 14.5. The van der Waals surface area contributed by atoms with Gasteiger partial charge >= 0.3 is 0 Å². The van der Waals surface area contributed by atoms with Crippen LogP contribution in [0.5, 0.6) is 0 Å². The Morgan fingerprint density at radius 1 is 1.29 bits per heavy atom. The molecular formula is C17H21NO2S. The van der Waals surface area contributed by atoms with E-state index in [1.807, 2.05) is 24.3 Å². The van der Waals surface area contributed by atoms with E-state index in [0.717, 1.165) is 28.0 Å². The second kappa shape index (κ2) is 6.56. The summed E-state index contributed by atoms with van der Waals surface area (Å²) in [6.45, 7) is 2.21. The summed E-state index contributed by atoms with van der Waals surface area (Å²) in [5, 5.41) is 4.17. The quantitative estimate of drug-likeness (QED) is 0.820. The third-order valence-electron chi connectivity index (χ3n) is 3.93. The number of nitrogens with one attached hydrogen (secondary N) is 1. The van der Waals surface area contributed by atoms with Crippen LogP contribution in [0.4, 0.5) is 0 Å². The van der Waals surface area contributed by atoms with Gasteiger partial charge in [0, 0.05) is 17.2 Å². The van der Waals surface area contributed by atoms with E-state index < -0.39 is 0 Å². The van der Waals surface area contributed by atoms with Gasteiger partial charge in [-0.1, -0.05) is 44.7 Å². The number of carbonyl (C=O) groups excluding carboxylic acids is 1. The predicted molar refractivity (Wildman–Crippen MR) is 87.0 cm³/mol. The second-order valence-electron chi connectivity index (χ2n) is 5.59. The molecule has 1 aliphatic heterocycles. The first-order valence-corrected chi connectivity index (χ1v) is 8.73. The minimum absolute atomic E-state index is 0.0632. The highest BCUT2D eigenvalue weighted by molar-refractivity contribution is 7.99. The maximum absolute atomic E-state index is 12.4. The molecule has 3 rings (SSSR count). The Labute approximate surface area is 129 Å². The zero-order valence-electron chi connectivity index (χ0n) is 12.4. The molecule has 0 saturated carbocycles. The van der Waals surface area contributed by atoms with Crippen LogP contribution >= 0.6 is 11.8 Å². The molecule has 0 radical (unpaired) electrons. The molecule has 2 aromatic rings. The molecule has 0 spiro atoms. The molecule has 4 heteroatoms. The molecule has 1 aromatic carbocycles. The molecule has 1 aliphatic rings. The van der Waals surface area contributed by atoms with Crippen molar-refractivity contribution < 1.29 is 9.21 Å². The Bertz CT molecular complexity index is 635. The lowest BCUT2D eigenvalue weighted by atomic mass is 10.1. The molecule has 0 aliphatic carbocycles. The van der Waals surface area contributed by atoms with Crippen molar-refractivity contribution in [3.63, 3.8) is 0 Å². The molecule has 1 aromatic heterocycles. The Morgan fingerprint density at radius 3 is 3.00 bits per heavy atom. The minimum atomic E-state index is -0.0632. The fourth-order valence-electron chi connectivity index (χ4n) is 2.76. The standard InChI is InChI=1S/C17H21NO2S/c1-2-3-4-5-8-12-11-21-16-13-9-6-7-10-14(13)20-15(16)17(19)18-12/h6-7,9-10,12H,2-5,8,11H2,1H3,(H,18,19). The van der Waals surface area contributed by atoms with Gasteiger partial charge in [-0.3, -0.25) is 4.79 Å². The monoisotopic (exact) mass is 303 g/mol. The number of hydrogen-bond acceptors (Lipinski definition) is 3. The maximum Gasteiger partial charge on any atom is 0.288 e. The summed E-state index contributed by atoms with van der Waals surface area (Å²) in [6.07, 6.45) is 6.01. The maximum atomic E-state index is 12.4. The zero-order valence-corrected chi connectivity index (χ0v) is 13.2. The molecule has 21 heavy (non-hydrogen) atoms. The van der Waals surface area contributed by atoms with Crippen molar-refractivity contribution in [3.05, 3.63) is 30.0 Å². The van der Waals surface area contributed by atoms with E-state index in [4.69, 9.17) is 4.42 Å². The highest BCUT2D eigenvalue weighted by Crippen LogP contribution is 2.36. The molecule has 1 amide bonds. The molecular weight excluding hydrogens is 282 g/mol. The molecule has 2 heterocycles. The molecule has 1 atom stereocenters. The lowest BCUT2D eigenvalue weighted by Gasteiger charge is -2.14. The number of carbonyl (C=O) groups is 1. The molecule has 3 nitrogen and oxygen atoms in total. The van der Waals surface area contributed by atoms with Gasteiger partial charge in [-0.25, -0.2) is 0 Å². The van der Waals surface area contributed by atoms with Gasteiger partial charge in [0.05, 0.1) is 4.90 Å². The van der Waals surface area contributed by atoms with Crippen LogP contribution in [0.2, 0.25) is 0 Å². The summed E-state index contributed by atoms with van der Waals surface area (Å²) < 4.78 is 5.74. The van der Waals surface area contributed by atoms with Gasteiger partial charge < -0.3 is 9.73 Å². The highest BCUT2D eigenvalue weighted by atomic mass is 32.2. The van der Waals surface area contributed by atoms with Gasteiger partial charge in [0.25, 0.3) is 5.91 Å². The SMILES string of the molecule is CCCCCCC1CSc2c(oc3ccccc23)C(=O)N1. The molecule has 1 N–H and O–H groups in total. The predicted octanol–water partition coefficient (Wildman–Crippen LogP) is 4.61. The average molecular weight is 303 g/mol. The first-order chi connectivity index (χ1) is 10.3. The van der Waals surface area contributed by atoms with Gasteiger partial charge in [0.2, 0.25) is 5.76 Å². The number of thioether (sulfide) groups is 1. The smallest absolute Gasteiger partial charge is 0.288 e. The summed E-state index contributed by atoms with van der Waals surface area (Å²) in [6, 6.07) is 8.12. The fraction of sp³-hybridized carbons (Fsp3) is 0.471. The van der Waals surface area contributed by atoms with Gasteiger partial charge in [-0.05, 0) is 18.6 Å². The summed E-state index contributed by atoms with van der Waals surface area (Å²) >= 11 is 1.74. The number of furan rings is 1. The van der Waals surface area contributed by atoms with Crippen molar-refractivity contribution >= 4 is 28.6 Å². The Hall–Kier alpha value is -1.42. The van der Waals surface area contributed by atoms with Crippen molar-refractivity contribution in [1.82, 2.24) is 5.32 Å². The van der Waals surface area contributed by atoms with Crippen LogP contribution in [0.1, 0.15) is 49.6 Å². The van der Waals surface area contributed by atoms with E-state index in [1.165, 1.54) is 25.7 Å². The second-order valence-corrected chi connectivity index (χ2v) is 6.62. The van der Waals surface area contributed by atoms with Gasteiger partial charge in [-0.2, -0.15) is 0 Å². The number of fused-ring (bicyclic) bond motifs is 3. The molecule has 0 fully saturated rings. The Balaban J connectivity index is 1.73. The van der Waals surface area contributed by atoms with Crippen LogP contribution < -0.4 is 5.32 Å². The molecule has 0 saturated heterocycles. The fourth-order valence-corrected chi connectivity index (χ4v) is 3.97. The number of unbranched alkanes of at least 4 members (excludes halogenated alkanes) is 3. The molecule has 1 unspecified atom stereocenters. The van der Waals surface area contributed by atoms with Gasteiger partial charge in [0.1, 0.15) is 5.58 Å². The van der Waals surface area contributed by atoms with Crippen molar-refractivity contribution in [2.45, 2.75) is 50.0 Å². The van der Waals surface area contributed by atoms with Crippen LogP contribution in [-0.2, 0) is 0 Å². The van der Waals surface area contributed by atoms with Gasteiger partial charge in [-0.15, -0.1) is 11.8 Å². The average Bonchev–Trinajstić information content (AvgIpc) is 2.80. The van der Waals surface area contributed by atoms with E-state index in [-0.39, 0.29) is 11.9 Å². The van der Waals surface area contributed by atoms with E-state index >= 15 is 0 Å². The normalized spacial score (nSPS) is 18.3. The Morgan fingerprint density at radius 2 is 2.14 bits per heavy atom. The number of para-hydroxylation sites is 1. The lowest BCUT2D eigenvalue weighted by molar-refractivity contribution is 0.0910. The first-order valence-electron chi connectivity index (χ1n) is 7.74. The van der Waals surface area contributed by atoms with Crippen LogP contribution in [0, 0.1) is 0 Å². The number of rotatable bonds is 5. The number of hydrogen-bond donors (Lipinski definition) is 1. The third kappa shape index (κ3) is 3.10. The van der Waals surface area contributed by atoms with Crippen molar-refractivity contribution in [3.8, 4) is 0 Å². The summed E-state index contributed by atoms with van der Waals surface area (Å²) in [4.78, 5) is 13.4. The van der Waals surface area contributed by atoms with E-state index in [9.17, 15) is 4.79 Å². The lowest BCUT2D eigenvalue weighted by Crippen LogP contribution is -2.35. The molecule has 112 valence electrons. The zero-order chi connectivity index (χ0) is 14.7. The van der Waals surface area contributed by atoms with Crippen LogP contribution in [0.15, 0.2) is 33.6 Å². The summed E-state index contributed by atoms with van der Waals surface area (Å²) in [7, 11) is 0. The van der Waals surface area contributed by atoms with Crippen molar-refractivity contribution in [2.75, 3.05) is 5.75 Å². The van der Waals surface area contributed by atoms with Crippen molar-refractivity contribution in [1.29, 1.82) is 0 Å². The number of benzene rings is 1. The van der Waals surface area contributed by atoms with E-state index in [2.05, 4.69) is 12.2 Å². The summed E-state index contributed by atoms with van der Waals surface area (Å²) in [5.41, 5.74) is 0.798.